The molecule has 1 saturated heterocycles. The van der Waals surface area contributed by atoms with Gasteiger partial charge in [-0.05, 0) is 43.6 Å². The second kappa shape index (κ2) is 4.05. The first-order valence-electron chi connectivity index (χ1n) is 6.07. The standard InChI is InChI=1S/C13H15NO4/c15-11(16)8-1-2-10-9(7-8)12(17)18-13(10)3-5-14-6-4-13/h1-2,7,12,14,17H,3-6H2,(H,15,16). The molecule has 5 nitrogen and oxygen atoms in total. The third kappa shape index (κ3) is 1.63. The lowest BCUT2D eigenvalue weighted by Crippen LogP contribution is -2.39. The Morgan fingerprint density at radius 2 is 2.11 bits per heavy atom. The molecular formula is C13H15NO4. The second-order valence-electron chi connectivity index (χ2n) is 4.82. The average molecular weight is 249 g/mol. The zero-order valence-corrected chi connectivity index (χ0v) is 9.85. The molecular weight excluding hydrogens is 234 g/mol. The summed E-state index contributed by atoms with van der Waals surface area (Å²) < 4.78 is 5.72. The number of ether oxygens (including phenoxy) is 1. The van der Waals surface area contributed by atoms with Gasteiger partial charge in [0.2, 0.25) is 0 Å². The van der Waals surface area contributed by atoms with Gasteiger partial charge in [-0.1, -0.05) is 6.07 Å². The number of hydrogen-bond acceptors (Lipinski definition) is 4. The molecule has 0 aliphatic carbocycles. The van der Waals surface area contributed by atoms with E-state index in [9.17, 15) is 9.90 Å². The van der Waals surface area contributed by atoms with Crippen LogP contribution in [0.1, 0.15) is 40.6 Å². The summed E-state index contributed by atoms with van der Waals surface area (Å²) in [6, 6.07) is 4.87. The van der Waals surface area contributed by atoms with Crippen molar-refractivity contribution in [2.75, 3.05) is 13.1 Å². The zero-order valence-electron chi connectivity index (χ0n) is 9.85. The summed E-state index contributed by atoms with van der Waals surface area (Å²) in [5.74, 6) is -0.990. The number of carbonyl (C=O) groups is 1. The molecule has 0 radical (unpaired) electrons. The third-order valence-electron chi connectivity index (χ3n) is 3.80. The summed E-state index contributed by atoms with van der Waals surface area (Å²) in [4.78, 5) is 10.9. The largest absolute Gasteiger partial charge is 0.478 e. The molecule has 1 atom stereocenters. The van der Waals surface area contributed by atoms with E-state index in [1.54, 1.807) is 12.1 Å². The lowest BCUT2D eigenvalue weighted by molar-refractivity contribution is -0.181. The molecule has 3 rings (SSSR count). The molecule has 1 fully saturated rings. The van der Waals surface area contributed by atoms with Crippen molar-refractivity contribution in [3.8, 4) is 0 Å². The van der Waals surface area contributed by atoms with Gasteiger partial charge < -0.3 is 20.3 Å². The monoisotopic (exact) mass is 249 g/mol. The number of hydrogen-bond donors (Lipinski definition) is 3. The van der Waals surface area contributed by atoms with Gasteiger partial charge in [-0.2, -0.15) is 0 Å². The molecule has 5 heteroatoms. The predicted molar refractivity (Wildman–Crippen MR) is 63.2 cm³/mol. The molecule has 1 aromatic rings. The van der Waals surface area contributed by atoms with Crippen LogP contribution in [0.25, 0.3) is 0 Å². The maximum atomic E-state index is 10.9. The second-order valence-corrected chi connectivity index (χ2v) is 4.82. The van der Waals surface area contributed by atoms with Gasteiger partial charge in [0.1, 0.15) is 0 Å². The lowest BCUT2D eigenvalue weighted by atomic mass is 9.84. The Bertz CT molecular complexity index is 494. The normalized spacial score (nSPS) is 25.1. The predicted octanol–water partition coefficient (Wildman–Crippen LogP) is 0.985. The molecule has 1 unspecified atom stereocenters. The fourth-order valence-electron chi connectivity index (χ4n) is 2.87. The molecule has 0 saturated carbocycles. The van der Waals surface area contributed by atoms with Gasteiger partial charge in [0.25, 0.3) is 0 Å². The molecule has 2 heterocycles. The Labute approximate surface area is 104 Å². The van der Waals surface area contributed by atoms with Crippen LogP contribution in [0.2, 0.25) is 0 Å². The highest BCUT2D eigenvalue weighted by Crippen LogP contribution is 2.47. The summed E-state index contributed by atoms with van der Waals surface area (Å²) in [5, 5.41) is 22.2. The van der Waals surface area contributed by atoms with Gasteiger partial charge in [0, 0.05) is 5.56 Å². The van der Waals surface area contributed by atoms with Gasteiger partial charge >= 0.3 is 5.97 Å². The van der Waals surface area contributed by atoms with E-state index in [1.165, 1.54) is 6.07 Å². The average Bonchev–Trinajstić information content (AvgIpc) is 2.63. The van der Waals surface area contributed by atoms with E-state index >= 15 is 0 Å². The van der Waals surface area contributed by atoms with Crippen molar-refractivity contribution in [1.82, 2.24) is 5.32 Å². The van der Waals surface area contributed by atoms with Gasteiger partial charge in [0.15, 0.2) is 6.29 Å². The SMILES string of the molecule is O=C(O)c1ccc2c(c1)C(O)OC21CCNCC1. The van der Waals surface area contributed by atoms with Crippen molar-refractivity contribution in [2.45, 2.75) is 24.7 Å². The molecule has 1 aromatic carbocycles. The van der Waals surface area contributed by atoms with Gasteiger partial charge in [0.05, 0.1) is 11.2 Å². The topological polar surface area (TPSA) is 78.8 Å². The van der Waals surface area contributed by atoms with Crippen LogP contribution >= 0.6 is 0 Å². The molecule has 0 amide bonds. The molecule has 3 N–H and O–H groups in total. The van der Waals surface area contributed by atoms with E-state index < -0.39 is 17.9 Å². The highest BCUT2D eigenvalue weighted by atomic mass is 16.6. The summed E-state index contributed by atoms with van der Waals surface area (Å²) in [6.07, 6.45) is 0.574. The van der Waals surface area contributed by atoms with Gasteiger partial charge in [-0.15, -0.1) is 0 Å². The minimum Gasteiger partial charge on any atom is -0.478 e. The van der Waals surface area contributed by atoms with Crippen molar-refractivity contribution in [2.24, 2.45) is 0 Å². The summed E-state index contributed by atoms with van der Waals surface area (Å²) in [5.41, 5.74) is 1.26. The maximum absolute atomic E-state index is 10.9. The highest BCUT2D eigenvalue weighted by Gasteiger charge is 2.45. The van der Waals surface area contributed by atoms with Crippen molar-refractivity contribution in [3.05, 3.63) is 34.9 Å². The van der Waals surface area contributed by atoms with E-state index in [0.29, 0.717) is 5.56 Å². The number of aromatic carboxylic acids is 1. The van der Waals surface area contributed by atoms with Crippen molar-refractivity contribution in [3.63, 3.8) is 0 Å². The van der Waals surface area contributed by atoms with Crippen molar-refractivity contribution >= 4 is 5.97 Å². The lowest BCUT2D eigenvalue weighted by Gasteiger charge is -2.34. The van der Waals surface area contributed by atoms with Gasteiger partial charge in [-0.25, -0.2) is 4.79 Å². The Balaban J connectivity index is 2.05. The first-order chi connectivity index (χ1) is 8.62. The van der Waals surface area contributed by atoms with Crippen molar-refractivity contribution in [1.29, 1.82) is 0 Å². The number of aliphatic hydroxyl groups excluding tert-OH is 1. The molecule has 0 bridgehead atoms. The minimum atomic E-state index is -1.02. The van der Waals surface area contributed by atoms with Crippen LogP contribution in [0.3, 0.4) is 0 Å². The Morgan fingerprint density at radius 3 is 2.78 bits per heavy atom. The van der Waals surface area contributed by atoms with E-state index in [2.05, 4.69) is 5.32 Å². The molecule has 18 heavy (non-hydrogen) atoms. The van der Waals surface area contributed by atoms with E-state index in [4.69, 9.17) is 9.84 Å². The van der Waals surface area contributed by atoms with Crippen molar-refractivity contribution < 1.29 is 19.7 Å². The fourth-order valence-corrected chi connectivity index (χ4v) is 2.87. The number of carboxylic acids is 1. The smallest absolute Gasteiger partial charge is 0.335 e. The van der Waals surface area contributed by atoms with Crippen LogP contribution in [0.4, 0.5) is 0 Å². The Hall–Kier alpha value is -1.43. The molecule has 0 aromatic heterocycles. The van der Waals surface area contributed by atoms with Crippen LogP contribution < -0.4 is 5.32 Å². The van der Waals surface area contributed by atoms with Crippen LogP contribution in [0.5, 0.6) is 0 Å². The number of piperidine rings is 1. The first kappa shape index (κ1) is 11.6. The van der Waals surface area contributed by atoms with Crippen LogP contribution in [0, 0.1) is 0 Å². The third-order valence-corrected chi connectivity index (χ3v) is 3.80. The molecule has 2 aliphatic rings. The number of aliphatic hydroxyl groups is 1. The fraction of sp³-hybridized carbons (Fsp3) is 0.462. The summed E-state index contributed by atoms with van der Waals surface area (Å²) >= 11 is 0. The Kier molecular flexibility index (Phi) is 2.62. The van der Waals surface area contributed by atoms with E-state index in [0.717, 1.165) is 31.5 Å². The Morgan fingerprint density at radius 1 is 1.39 bits per heavy atom. The number of nitrogens with one attached hydrogen (secondary N) is 1. The van der Waals surface area contributed by atoms with Crippen LogP contribution in [-0.4, -0.2) is 29.3 Å². The molecule has 96 valence electrons. The number of fused-ring (bicyclic) bond motifs is 2. The summed E-state index contributed by atoms with van der Waals surface area (Å²) in [7, 11) is 0. The van der Waals surface area contributed by atoms with E-state index in [-0.39, 0.29) is 5.56 Å². The zero-order chi connectivity index (χ0) is 12.8. The maximum Gasteiger partial charge on any atom is 0.335 e. The van der Waals surface area contributed by atoms with E-state index in [1.807, 2.05) is 0 Å². The quantitative estimate of drug-likeness (QED) is 0.691. The van der Waals surface area contributed by atoms with Crippen LogP contribution in [0.15, 0.2) is 18.2 Å². The van der Waals surface area contributed by atoms with Gasteiger partial charge in [-0.3, -0.25) is 0 Å². The number of carboxylic acid groups (broad SMARTS) is 1. The highest BCUT2D eigenvalue weighted by molar-refractivity contribution is 5.88. The first-order valence-corrected chi connectivity index (χ1v) is 6.07. The number of benzene rings is 1. The molecule has 1 spiro atoms. The summed E-state index contributed by atoms with van der Waals surface area (Å²) in [6.45, 7) is 1.68. The molecule has 2 aliphatic heterocycles. The number of rotatable bonds is 1. The van der Waals surface area contributed by atoms with Crippen LogP contribution in [-0.2, 0) is 10.3 Å². The minimum absolute atomic E-state index is 0.183.